The van der Waals surface area contributed by atoms with Gasteiger partial charge in [-0.25, -0.2) is 0 Å². The highest BCUT2D eigenvalue weighted by molar-refractivity contribution is 7.08. The Kier molecular flexibility index (Phi) is 4.45. The van der Waals surface area contributed by atoms with Crippen LogP contribution in [0.15, 0.2) is 41.1 Å². The normalized spacial score (nSPS) is 21.1. The lowest BCUT2D eigenvalue weighted by molar-refractivity contribution is -0.133. The van der Waals surface area contributed by atoms with Crippen LogP contribution in [0, 0.1) is 0 Å². The Morgan fingerprint density at radius 2 is 1.96 bits per heavy atom. The van der Waals surface area contributed by atoms with Gasteiger partial charge < -0.3 is 15.2 Å². The molecule has 6 heteroatoms. The van der Waals surface area contributed by atoms with Crippen LogP contribution in [0.1, 0.15) is 24.0 Å². The number of piperidine rings is 1. The summed E-state index contributed by atoms with van der Waals surface area (Å²) in [7, 11) is 0. The fraction of sp³-hybridized carbons (Fsp3) is 0.294. The number of aliphatic hydroxyl groups excluding tert-OH is 1. The summed E-state index contributed by atoms with van der Waals surface area (Å²) >= 11 is 1.53. The number of aliphatic hydroxyl groups is 1. The van der Waals surface area contributed by atoms with Crippen LogP contribution in [0.5, 0.6) is 5.75 Å². The molecule has 1 aromatic heterocycles. The maximum Gasteiger partial charge on any atom is 0.228 e. The molecule has 3 rings (SSSR count). The zero-order valence-corrected chi connectivity index (χ0v) is 13.3. The summed E-state index contributed by atoms with van der Waals surface area (Å²) in [5, 5.41) is 15.7. The molecule has 0 unspecified atom stereocenters. The summed E-state index contributed by atoms with van der Waals surface area (Å²) in [5.41, 5.74) is 0.934. The fourth-order valence-electron chi connectivity index (χ4n) is 2.89. The number of nitrogens with one attached hydrogen (secondary N) is 1. The van der Waals surface area contributed by atoms with Crippen molar-refractivity contribution in [2.45, 2.75) is 18.4 Å². The van der Waals surface area contributed by atoms with Crippen molar-refractivity contribution in [3.8, 4) is 5.75 Å². The third-order valence-electron chi connectivity index (χ3n) is 3.89. The van der Waals surface area contributed by atoms with E-state index in [9.17, 15) is 9.59 Å². The fourth-order valence-corrected chi connectivity index (χ4v) is 3.62. The maximum atomic E-state index is 12.1. The van der Waals surface area contributed by atoms with E-state index in [1.54, 1.807) is 12.1 Å². The predicted octanol–water partition coefficient (Wildman–Crippen LogP) is 1.84. The summed E-state index contributed by atoms with van der Waals surface area (Å²) in [4.78, 5) is 24.0. The minimum Gasteiger partial charge on any atom is -0.491 e. The molecule has 23 heavy (non-hydrogen) atoms. The number of thiophene rings is 1. The molecule has 0 aliphatic carbocycles. The van der Waals surface area contributed by atoms with E-state index in [1.165, 1.54) is 11.3 Å². The number of rotatable bonds is 5. The van der Waals surface area contributed by atoms with E-state index in [2.05, 4.69) is 5.32 Å². The van der Waals surface area contributed by atoms with Gasteiger partial charge in [-0.1, -0.05) is 12.1 Å². The predicted molar refractivity (Wildman–Crippen MR) is 86.5 cm³/mol. The van der Waals surface area contributed by atoms with Crippen molar-refractivity contribution < 1.29 is 19.4 Å². The Labute approximate surface area is 137 Å². The second-order valence-corrected chi connectivity index (χ2v) is 6.23. The highest BCUT2D eigenvalue weighted by atomic mass is 32.1. The molecule has 0 bridgehead atoms. The number of carbonyl (C=O) groups excluding carboxylic acids is 2. The first-order valence-corrected chi connectivity index (χ1v) is 8.28. The monoisotopic (exact) mass is 331 g/mol. The van der Waals surface area contributed by atoms with Crippen molar-refractivity contribution in [1.29, 1.82) is 0 Å². The van der Waals surface area contributed by atoms with Gasteiger partial charge in [0.05, 0.1) is 18.6 Å². The summed E-state index contributed by atoms with van der Waals surface area (Å²) < 4.78 is 5.36. The van der Waals surface area contributed by atoms with E-state index in [4.69, 9.17) is 9.84 Å². The largest absolute Gasteiger partial charge is 0.491 e. The summed E-state index contributed by atoms with van der Waals surface area (Å²) in [5.74, 6) is 0.311. The zero-order valence-electron chi connectivity index (χ0n) is 12.5. The van der Waals surface area contributed by atoms with E-state index in [0.717, 1.165) is 11.1 Å². The Hall–Kier alpha value is -2.18. The Bertz CT molecular complexity index is 678. The van der Waals surface area contributed by atoms with E-state index in [0.29, 0.717) is 5.75 Å². The van der Waals surface area contributed by atoms with E-state index < -0.39 is 5.54 Å². The quantitative estimate of drug-likeness (QED) is 0.820. The number of benzene rings is 1. The molecule has 1 atom stereocenters. The molecule has 1 aliphatic heterocycles. The van der Waals surface area contributed by atoms with Crippen LogP contribution in [-0.4, -0.2) is 30.0 Å². The number of hydrogen-bond acceptors (Lipinski definition) is 5. The van der Waals surface area contributed by atoms with Crippen LogP contribution >= 0.6 is 11.3 Å². The van der Waals surface area contributed by atoms with Crippen molar-refractivity contribution >= 4 is 23.0 Å². The number of hydrogen-bond donors (Lipinski definition) is 2. The number of carbonyl (C=O) groups is 2. The molecule has 120 valence electrons. The molecule has 2 N–H and O–H groups in total. The van der Waals surface area contributed by atoms with E-state index in [-0.39, 0.29) is 37.7 Å². The van der Waals surface area contributed by atoms with E-state index in [1.807, 2.05) is 29.0 Å². The van der Waals surface area contributed by atoms with Gasteiger partial charge in [-0.15, -0.1) is 0 Å². The Balaban J connectivity index is 1.99. The van der Waals surface area contributed by atoms with Crippen molar-refractivity contribution in [3.63, 3.8) is 0 Å². The average Bonchev–Trinajstić information content (AvgIpc) is 3.07. The number of amides is 1. The van der Waals surface area contributed by atoms with Gasteiger partial charge in [0.25, 0.3) is 0 Å². The van der Waals surface area contributed by atoms with Crippen LogP contribution in [-0.2, 0) is 15.1 Å². The topological polar surface area (TPSA) is 75.6 Å². The third-order valence-corrected chi connectivity index (χ3v) is 4.58. The lowest BCUT2D eigenvalue weighted by atomic mass is 9.77. The number of ether oxygens (including phenoxy) is 1. The van der Waals surface area contributed by atoms with Crippen LogP contribution < -0.4 is 10.1 Å². The van der Waals surface area contributed by atoms with Crippen molar-refractivity contribution in [2.75, 3.05) is 13.2 Å². The summed E-state index contributed by atoms with van der Waals surface area (Å²) in [6.45, 7) is 0.176. The molecule has 1 saturated heterocycles. The van der Waals surface area contributed by atoms with Gasteiger partial charge in [0.15, 0.2) is 0 Å². The van der Waals surface area contributed by atoms with Gasteiger partial charge in [0.1, 0.15) is 18.1 Å². The number of ketones is 1. The van der Waals surface area contributed by atoms with Crippen LogP contribution in [0.3, 0.4) is 0 Å². The smallest absolute Gasteiger partial charge is 0.228 e. The molecule has 1 aliphatic rings. The first-order valence-electron chi connectivity index (χ1n) is 7.33. The minimum absolute atomic E-state index is 0.0504. The third kappa shape index (κ3) is 3.13. The van der Waals surface area contributed by atoms with Crippen LogP contribution in [0.25, 0.3) is 0 Å². The molecule has 1 aromatic carbocycles. The van der Waals surface area contributed by atoms with Crippen molar-refractivity contribution in [1.82, 2.24) is 5.32 Å². The molecule has 0 spiro atoms. The van der Waals surface area contributed by atoms with Crippen LogP contribution in [0.4, 0.5) is 0 Å². The molecular formula is C17H17NO4S. The molecule has 1 fully saturated rings. The van der Waals surface area contributed by atoms with Crippen LogP contribution in [0.2, 0.25) is 0 Å². The average molecular weight is 331 g/mol. The standard InChI is InChI=1S/C17H17NO4S/c19-6-7-22-15-3-1-12(2-4-15)17(13-5-8-23-11-13)10-14(20)9-16(21)18-17/h1-5,8,11,19H,6-7,9-10H2,(H,18,21)/t17-/m1/s1. The second kappa shape index (κ2) is 6.52. The lowest BCUT2D eigenvalue weighted by Crippen LogP contribution is -2.52. The zero-order chi connectivity index (χ0) is 16.3. The SMILES string of the molecule is O=C1CC(=O)N[C@](c2ccc(OCCO)cc2)(c2ccsc2)C1. The highest BCUT2D eigenvalue weighted by Gasteiger charge is 2.42. The minimum atomic E-state index is -0.818. The van der Waals surface area contributed by atoms with E-state index >= 15 is 0 Å². The first-order chi connectivity index (χ1) is 11.1. The second-order valence-electron chi connectivity index (χ2n) is 5.45. The van der Waals surface area contributed by atoms with Gasteiger partial charge in [0, 0.05) is 6.42 Å². The molecule has 0 saturated carbocycles. The molecule has 0 radical (unpaired) electrons. The van der Waals surface area contributed by atoms with Gasteiger partial charge in [-0.3, -0.25) is 9.59 Å². The molecule has 1 amide bonds. The highest BCUT2D eigenvalue weighted by Crippen LogP contribution is 2.37. The van der Waals surface area contributed by atoms with Crippen molar-refractivity contribution in [2.24, 2.45) is 0 Å². The van der Waals surface area contributed by atoms with Crippen molar-refractivity contribution in [3.05, 3.63) is 52.2 Å². The molecule has 2 heterocycles. The summed E-state index contributed by atoms with van der Waals surface area (Å²) in [6.07, 6.45) is 0.176. The maximum absolute atomic E-state index is 12.1. The van der Waals surface area contributed by atoms with Gasteiger partial charge in [0.2, 0.25) is 5.91 Å². The number of Topliss-reactive ketones (excluding diaryl/α,β-unsaturated/α-hetero) is 1. The molecular weight excluding hydrogens is 314 g/mol. The van der Waals surface area contributed by atoms with Gasteiger partial charge in [-0.05, 0) is 40.1 Å². The Morgan fingerprint density at radius 1 is 1.17 bits per heavy atom. The Morgan fingerprint density at radius 3 is 2.57 bits per heavy atom. The molecule has 5 nitrogen and oxygen atoms in total. The lowest BCUT2D eigenvalue weighted by Gasteiger charge is -2.37. The molecule has 2 aromatic rings. The van der Waals surface area contributed by atoms with Gasteiger partial charge in [-0.2, -0.15) is 11.3 Å². The summed E-state index contributed by atoms with van der Waals surface area (Å²) in [6, 6.07) is 9.20. The first kappa shape index (κ1) is 15.7. The van der Waals surface area contributed by atoms with Gasteiger partial charge >= 0.3 is 0 Å².